The van der Waals surface area contributed by atoms with E-state index in [-0.39, 0.29) is 11.6 Å². The third-order valence-electron chi connectivity index (χ3n) is 4.25. The highest BCUT2D eigenvalue weighted by Gasteiger charge is 2.27. The van der Waals surface area contributed by atoms with Crippen molar-refractivity contribution in [3.05, 3.63) is 30.1 Å². The molecule has 1 aromatic rings. The first-order valence-corrected chi connectivity index (χ1v) is 7.60. The number of carbonyl (C=O) groups is 1. The second kappa shape index (κ2) is 7.52. The van der Waals surface area contributed by atoms with Crippen LogP contribution in [0.1, 0.15) is 26.2 Å². The Labute approximate surface area is 125 Å². The third kappa shape index (κ3) is 4.25. The zero-order valence-corrected chi connectivity index (χ0v) is 12.5. The molecule has 2 unspecified atom stereocenters. The molecule has 4 nitrogen and oxygen atoms in total. The molecule has 1 aliphatic rings. The zero-order chi connectivity index (χ0) is 15.2. The van der Waals surface area contributed by atoms with Gasteiger partial charge in [0.25, 0.3) is 0 Å². The van der Waals surface area contributed by atoms with Crippen molar-refractivity contribution in [2.45, 2.75) is 32.2 Å². The van der Waals surface area contributed by atoms with Crippen molar-refractivity contribution in [2.75, 3.05) is 25.0 Å². The first kappa shape index (κ1) is 15.9. The second-order valence-corrected chi connectivity index (χ2v) is 5.74. The van der Waals surface area contributed by atoms with E-state index in [4.69, 9.17) is 5.73 Å². The Bertz CT molecular complexity index is 480. The number of hydrogen-bond donors (Lipinski definition) is 2. The maximum atomic E-state index is 13.5. The smallest absolute Gasteiger partial charge is 0.225 e. The van der Waals surface area contributed by atoms with E-state index < -0.39 is 5.82 Å². The Balaban J connectivity index is 1.85. The zero-order valence-electron chi connectivity index (χ0n) is 12.5. The van der Waals surface area contributed by atoms with Crippen molar-refractivity contribution < 1.29 is 9.18 Å². The molecular weight excluding hydrogens is 269 g/mol. The van der Waals surface area contributed by atoms with Gasteiger partial charge in [0.2, 0.25) is 5.91 Å². The van der Waals surface area contributed by atoms with Crippen LogP contribution in [0.15, 0.2) is 24.3 Å². The van der Waals surface area contributed by atoms with Crippen molar-refractivity contribution in [3.8, 4) is 0 Å². The van der Waals surface area contributed by atoms with Gasteiger partial charge in [0.15, 0.2) is 0 Å². The molecule has 1 aromatic carbocycles. The molecule has 1 heterocycles. The average Bonchev–Trinajstić information content (AvgIpc) is 2.47. The van der Waals surface area contributed by atoms with Crippen LogP contribution >= 0.6 is 0 Å². The van der Waals surface area contributed by atoms with Gasteiger partial charge in [-0.15, -0.1) is 0 Å². The summed E-state index contributed by atoms with van der Waals surface area (Å²) in [6, 6.07) is 6.56. The first-order chi connectivity index (χ1) is 10.1. The van der Waals surface area contributed by atoms with Crippen LogP contribution in [0, 0.1) is 11.7 Å². The number of nitrogens with two attached hydrogens (primary N) is 1. The molecule has 0 aromatic heterocycles. The molecule has 1 saturated heterocycles. The lowest BCUT2D eigenvalue weighted by Crippen LogP contribution is -2.49. The maximum Gasteiger partial charge on any atom is 0.225 e. The Morgan fingerprint density at radius 3 is 2.95 bits per heavy atom. The van der Waals surface area contributed by atoms with Crippen LogP contribution in [0.2, 0.25) is 0 Å². The van der Waals surface area contributed by atoms with Crippen molar-refractivity contribution in [1.82, 2.24) is 4.90 Å². The molecule has 116 valence electrons. The van der Waals surface area contributed by atoms with Crippen LogP contribution in [0.3, 0.4) is 0 Å². The van der Waals surface area contributed by atoms with Gasteiger partial charge < -0.3 is 11.1 Å². The average molecular weight is 293 g/mol. The minimum Gasteiger partial charge on any atom is -0.329 e. The molecule has 21 heavy (non-hydrogen) atoms. The van der Waals surface area contributed by atoms with Crippen LogP contribution in [0.5, 0.6) is 0 Å². The van der Waals surface area contributed by atoms with Crippen molar-refractivity contribution in [2.24, 2.45) is 11.7 Å². The number of piperidine rings is 1. The number of nitrogens with one attached hydrogen (secondary N) is 1. The highest BCUT2D eigenvalue weighted by atomic mass is 19.1. The van der Waals surface area contributed by atoms with E-state index in [1.165, 1.54) is 12.5 Å². The van der Waals surface area contributed by atoms with Gasteiger partial charge in [-0.05, 0) is 37.4 Å². The summed E-state index contributed by atoms with van der Waals surface area (Å²) in [5.74, 6) is 0.00440. The van der Waals surface area contributed by atoms with E-state index in [0.717, 1.165) is 13.0 Å². The summed E-state index contributed by atoms with van der Waals surface area (Å²) in [6.07, 6.45) is 2.70. The number of halogens is 1. The van der Waals surface area contributed by atoms with Gasteiger partial charge in [-0.1, -0.05) is 19.1 Å². The lowest BCUT2D eigenvalue weighted by Gasteiger charge is -2.39. The topological polar surface area (TPSA) is 58.4 Å². The lowest BCUT2D eigenvalue weighted by molar-refractivity contribution is -0.116. The summed E-state index contributed by atoms with van der Waals surface area (Å²) in [5, 5.41) is 2.62. The summed E-state index contributed by atoms with van der Waals surface area (Å²) >= 11 is 0. The monoisotopic (exact) mass is 293 g/mol. The number of rotatable bonds is 5. The first-order valence-electron chi connectivity index (χ1n) is 7.60. The molecule has 0 spiro atoms. The molecule has 2 rings (SSSR count). The number of amides is 1. The highest BCUT2D eigenvalue weighted by molar-refractivity contribution is 5.90. The highest BCUT2D eigenvalue weighted by Crippen LogP contribution is 2.22. The van der Waals surface area contributed by atoms with Crippen LogP contribution in [-0.4, -0.2) is 36.5 Å². The lowest BCUT2D eigenvalue weighted by atomic mass is 9.90. The molecule has 1 aliphatic heterocycles. The van der Waals surface area contributed by atoms with E-state index in [9.17, 15) is 9.18 Å². The van der Waals surface area contributed by atoms with E-state index in [1.807, 2.05) is 0 Å². The van der Waals surface area contributed by atoms with Gasteiger partial charge in [0.1, 0.15) is 5.82 Å². The number of hydrogen-bond acceptors (Lipinski definition) is 3. The minimum atomic E-state index is -0.405. The number of benzene rings is 1. The quantitative estimate of drug-likeness (QED) is 0.875. The minimum absolute atomic E-state index is 0.158. The summed E-state index contributed by atoms with van der Waals surface area (Å²) in [5.41, 5.74) is 6.08. The molecule has 0 radical (unpaired) electrons. The summed E-state index contributed by atoms with van der Waals surface area (Å²) in [6.45, 7) is 4.49. The fraction of sp³-hybridized carbons (Fsp3) is 0.562. The predicted molar refractivity (Wildman–Crippen MR) is 82.5 cm³/mol. The van der Waals surface area contributed by atoms with E-state index >= 15 is 0 Å². The van der Waals surface area contributed by atoms with Crippen LogP contribution in [0.25, 0.3) is 0 Å². The Morgan fingerprint density at radius 2 is 2.24 bits per heavy atom. The molecule has 1 amide bonds. The maximum absolute atomic E-state index is 13.5. The Kier molecular flexibility index (Phi) is 5.70. The third-order valence-corrected chi connectivity index (χ3v) is 4.25. The van der Waals surface area contributed by atoms with Crippen LogP contribution in [0.4, 0.5) is 10.1 Å². The van der Waals surface area contributed by atoms with E-state index in [0.29, 0.717) is 31.5 Å². The largest absolute Gasteiger partial charge is 0.329 e. The molecule has 0 aliphatic carbocycles. The molecule has 2 atom stereocenters. The van der Waals surface area contributed by atoms with Gasteiger partial charge in [-0.25, -0.2) is 4.39 Å². The standard InChI is InChI=1S/C16H24FN3O/c1-12-5-4-9-20(15(12)11-18)10-8-16(21)19-14-7-3-2-6-13(14)17/h2-3,6-7,12,15H,4-5,8-11,18H2,1H3,(H,19,21). The SMILES string of the molecule is CC1CCCN(CCC(=O)Nc2ccccc2F)C1CN. The second-order valence-electron chi connectivity index (χ2n) is 5.74. The van der Waals surface area contributed by atoms with Crippen molar-refractivity contribution in [1.29, 1.82) is 0 Å². The van der Waals surface area contributed by atoms with Gasteiger partial charge in [0, 0.05) is 25.6 Å². The number of anilines is 1. The number of likely N-dealkylation sites (tertiary alicyclic amines) is 1. The normalized spacial score (nSPS) is 23.0. The van der Waals surface area contributed by atoms with Crippen molar-refractivity contribution in [3.63, 3.8) is 0 Å². The van der Waals surface area contributed by atoms with E-state index in [1.54, 1.807) is 18.2 Å². The Hall–Kier alpha value is -1.46. The number of nitrogens with zero attached hydrogens (tertiary/aromatic N) is 1. The number of para-hydroxylation sites is 1. The summed E-state index contributed by atoms with van der Waals surface area (Å²) in [4.78, 5) is 14.2. The molecular formula is C16H24FN3O. The van der Waals surface area contributed by atoms with Gasteiger partial charge in [-0.3, -0.25) is 9.69 Å². The fourth-order valence-corrected chi connectivity index (χ4v) is 3.01. The molecule has 1 fully saturated rings. The molecule has 5 heteroatoms. The van der Waals surface area contributed by atoms with Gasteiger partial charge in [0.05, 0.1) is 5.69 Å². The fourth-order valence-electron chi connectivity index (χ4n) is 3.01. The summed E-state index contributed by atoms with van der Waals surface area (Å²) in [7, 11) is 0. The van der Waals surface area contributed by atoms with Crippen LogP contribution in [-0.2, 0) is 4.79 Å². The molecule has 0 saturated carbocycles. The summed E-state index contributed by atoms with van der Waals surface area (Å²) < 4.78 is 13.5. The molecule has 3 N–H and O–H groups in total. The number of carbonyl (C=O) groups excluding carboxylic acids is 1. The van der Waals surface area contributed by atoms with E-state index in [2.05, 4.69) is 17.1 Å². The van der Waals surface area contributed by atoms with Crippen LogP contribution < -0.4 is 11.1 Å². The van der Waals surface area contributed by atoms with Crippen molar-refractivity contribution >= 4 is 11.6 Å². The van der Waals surface area contributed by atoms with Gasteiger partial charge >= 0.3 is 0 Å². The Morgan fingerprint density at radius 1 is 1.48 bits per heavy atom. The molecule has 0 bridgehead atoms. The van der Waals surface area contributed by atoms with Gasteiger partial charge in [-0.2, -0.15) is 0 Å². The predicted octanol–water partition coefficient (Wildman–Crippen LogP) is 2.21.